The molecule has 0 aromatic carbocycles. The number of anilines is 1. The second kappa shape index (κ2) is 5.68. The standard InChI is InChI=1S/C11H19N3O/c1-3-5-9(15-2)10(12)8-6-4-7-14-11(8)13/h4,6-7,9-10H,3,5,12H2,1-2H3,(H2,13,14). The van der Waals surface area contributed by atoms with Crippen LogP contribution >= 0.6 is 0 Å². The molecule has 15 heavy (non-hydrogen) atoms. The van der Waals surface area contributed by atoms with Gasteiger partial charge in [-0.15, -0.1) is 0 Å². The van der Waals surface area contributed by atoms with E-state index in [9.17, 15) is 0 Å². The fourth-order valence-electron chi connectivity index (χ4n) is 1.64. The first kappa shape index (κ1) is 11.9. The van der Waals surface area contributed by atoms with E-state index in [2.05, 4.69) is 11.9 Å². The maximum Gasteiger partial charge on any atom is 0.128 e. The van der Waals surface area contributed by atoms with Gasteiger partial charge in [0.15, 0.2) is 0 Å². The van der Waals surface area contributed by atoms with E-state index in [4.69, 9.17) is 16.2 Å². The van der Waals surface area contributed by atoms with E-state index in [0.29, 0.717) is 5.82 Å². The van der Waals surface area contributed by atoms with Crippen molar-refractivity contribution in [3.05, 3.63) is 23.9 Å². The molecule has 0 spiro atoms. The summed E-state index contributed by atoms with van der Waals surface area (Å²) in [5.74, 6) is 0.489. The Morgan fingerprint density at radius 2 is 2.27 bits per heavy atom. The first-order valence-electron chi connectivity index (χ1n) is 5.19. The number of hydrogen-bond donors (Lipinski definition) is 2. The maximum atomic E-state index is 6.09. The van der Waals surface area contributed by atoms with Crippen molar-refractivity contribution in [2.75, 3.05) is 12.8 Å². The van der Waals surface area contributed by atoms with E-state index in [1.807, 2.05) is 12.1 Å². The monoisotopic (exact) mass is 209 g/mol. The van der Waals surface area contributed by atoms with Crippen LogP contribution in [-0.4, -0.2) is 18.2 Å². The molecule has 0 saturated heterocycles. The van der Waals surface area contributed by atoms with Crippen molar-refractivity contribution in [1.82, 2.24) is 4.98 Å². The van der Waals surface area contributed by atoms with Crippen LogP contribution in [0.4, 0.5) is 5.82 Å². The van der Waals surface area contributed by atoms with Crippen molar-refractivity contribution in [1.29, 1.82) is 0 Å². The zero-order valence-electron chi connectivity index (χ0n) is 9.31. The second-order valence-electron chi connectivity index (χ2n) is 3.57. The summed E-state index contributed by atoms with van der Waals surface area (Å²) in [5, 5.41) is 0. The average molecular weight is 209 g/mol. The Kier molecular flexibility index (Phi) is 4.52. The van der Waals surface area contributed by atoms with Crippen LogP contribution in [0.2, 0.25) is 0 Å². The Morgan fingerprint density at radius 1 is 1.53 bits per heavy atom. The molecule has 0 radical (unpaired) electrons. The summed E-state index contributed by atoms with van der Waals surface area (Å²) in [4.78, 5) is 4.02. The fraction of sp³-hybridized carbons (Fsp3) is 0.545. The van der Waals surface area contributed by atoms with Gasteiger partial charge in [0, 0.05) is 18.9 Å². The number of methoxy groups -OCH3 is 1. The summed E-state index contributed by atoms with van der Waals surface area (Å²) >= 11 is 0. The van der Waals surface area contributed by atoms with Crippen LogP contribution in [0.25, 0.3) is 0 Å². The molecule has 0 aliphatic rings. The Balaban J connectivity index is 2.82. The third-order valence-corrected chi connectivity index (χ3v) is 2.51. The summed E-state index contributed by atoms with van der Waals surface area (Å²) in [5.41, 5.74) is 12.7. The molecule has 0 amide bonds. The van der Waals surface area contributed by atoms with Crippen LogP contribution < -0.4 is 11.5 Å². The van der Waals surface area contributed by atoms with Crippen molar-refractivity contribution >= 4 is 5.82 Å². The minimum atomic E-state index is -0.205. The van der Waals surface area contributed by atoms with Gasteiger partial charge in [0.25, 0.3) is 0 Å². The highest BCUT2D eigenvalue weighted by Crippen LogP contribution is 2.22. The molecule has 1 rings (SSSR count). The molecule has 0 saturated carbocycles. The van der Waals surface area contributed by atoms with E-state index < -0.39 is 0 Å². The lowest BCUT2D eigenvalue weighted by Crippen LogP contribution is -2.28. The van der Waals surface area contributed by atoms with Gasteiger partial charge < -0.3 is 16.2 Å². The van der Waals surface area contributed by atoms with Crippen LogP contribution in [0.3, 0.4) is 0 Å². The van der Waals surface area contributed by atoms with E-state index >= 15 is 0 Å². The third-order valence-electron chi connectivity index (χ3n) is 2.51. The van der Waals surface area contributed by atoms with Gasteiger partial charge in [0.2, 0.25) is 0 Å². The smallest absolute Gasteiger partial charge is 0.128 e. The molecule has 4 nitrogen and oxygen atoms in total. The van der Waals surface area contributed by atoms with E-state index in [1.54, 1.807) is 13.3 Å². The van der Waals surface area contributed by atoms with Crippen molar-refractivity contribution in [3.8, 4) is 0 Å². The minimum absolute atomic E-state index is 0.00139. The minimum Gasteiger partial charge on any atom is -0.383 e. The molecule has 0 bridgehead atoms. The Bertz CT molecular complexity index is 304. The van der Waals surface area contributed by atoms with Gasteiger partial charge in [-0.05, 0) is 12.5 Å². The number of nitrogens with two attached hydrogens (primary N) is 2. The molecule has 1 aromatic heterocycles. The van der Waals surface area contributed by atoms with Gasteiger partial charge in [-0.25, -0.2) is 4.98 Å². The van der Waals surface area contributed by atoms with Crippen molar-refractivity contribution in [3.63, 3.8) is 0 Å². The number of aromatic nitrogens is 1. The highest BCUT2D eigenvalue weighted by atomic mass is 16.5. The Hall–Kier alpha value is -1.13. The molecule has 0 fully saturated rings. The summed E-state index contributed by atoms with van der Waals surface area (Å²) in [6.07, 6.45) is 3.62. The summed E-state index contributed by atoms with van der Waals surface area (Å²) in [7, 11) is 1.67. The number of ether oxygens (including phenoxy) is 1. The molecule has 2 unspecified atom stereocenters. The molecule has 2 atom stereocenters. The SMILES string of the molecule is CCCC(OC)C(N)c1cccnc1N. The molecule has 4 heteroatoms. The average Bonchev–Trinajstić information content (AvgIpc) is 2.25. The Morgan fingerprint density at radius 3 is 2.80 bits per heavy atom. The molecule has 0 aliphatic carbocycles. The first-order chi connectivity index (χ1) is 7.20. The second-order valence-corrected chi connectivity index (χ2v) is 3.57. The van der Waals surface area contributed by atoms with Gasteiger partial charge in [-0.3, -0.25) is 0 Å². The van der Waals surface area contributed by atoms with Crippen molar-refractivity contribution in [2.45, 2.75) is 31.9 Å². The van der Waals surface area contributed by atoms with Gasteiger partial charge in [-0.1, -0.05) is 19.4 Å². The van der Waals surface area contributed by atoms with Gasteiger partial charge in [-0.2, -0.15) is 0 Å². The zero-order chi connectivity index (χ0) is 11.3. The van der Waals surface area contributed by atoms with Gasteiger partial charge in [0.05, 0.1) is 12.1 Å². The third kappa shape index (κ3) is 2.91. The summed E-state index contributed by atoms with van der Waals surface area (Å²) in [6, 6.07) is 3.53. The van der Waals surface area contributed by atoms with Gasteiger partial charge in [0.1, 0.15) is 5.82 Å². The molecule has 1 heterocycles. The predicted molar refractivity (Wildman–Crippen MR) is 61.3 cm³/mol. The fourth-order valence-corrected chi connectivity index (χ4v) is 1.64. The van der Waals surface area contributed by atoms with Crippen molar-refractivity contribution < 1.29 is 4.74 Å². The lowest BCUT2D eigenvalue weighted by molar-refractivity contribution is 0.0726. The number of nitrogen functional groups attached to an aromatic ring is 1. The normalized spacial score (nSPS) is 14.9. The highest BCUT2D eigenvalue weighted by molar-refractivity contribution is 5.41. The molecular weight excluding hydrogens is 190 g/mol. The van der Waals surface area contributed by atoms with Crippen LogP contribution in [-0.2, 0) is 4.74 Å². The maximum absolute atomic E-state index is 6.09. The van der Waals surface area contributed by atoms with Gasteiger partial charge >= 0.3 is 0 Å². The zero-order valence-corrected chi connectivity index (χ0v) is 9.31. The largest absolute Gasteiger partial charge is 0.383 e. The molecule has 4 N–H and O–H groups in total. The van der Waals surface area contributed by atoms with Crippen molar-refractivity contribution in [2.24, 2.45) is 5.73 Å². The number of pyridine rings is 1. The number of hydrogen-bond acceptors (Lipinski definition) is 4. The van der Waals surface area contributed by atoms with E-state index in [1.165, 1.54) is 0 Å². The molecule has 84 valence electrons. The van der Waals surface area contributed by atoms with Crippen LogP contribution in [0.5, 0.6) is 0 Å². The topological polar surface area (TPSA) is 74.2 Å². The van der Waals surface area contributed by atoms with Crippen LogP contribution in [0.15, 0.2) is 18.3 Å². The lowest BCUT2D eigenvalue weighted by atomic mass is 10.00. The summed E-state index contributed by atoms with van der Waals surface area (Å²) in [6.45, 7) is 2.10. The quantitative estimate of drug-likeness (QED) is 0.770. The molecular formula is C11H19N3O. The number of rotatable bonds is 5. The Labute approximate surface area is 90.6 Å². The van der Waals surface area contributed by atoms with Crippen LogP contribution in [0.1, 0.15) is 31.4 Å². The van der Waals surface area contributed by atoms with E-state index in [0.717, 1.165) is 18.4 Å². The first-order valence-corrected chi connectivity index (χ1v) is 5.19. The molecule has 1 aromatic rings. The predicted octanol–water partition coefficient (Wildman–Crippen LogP) is 1.48. The lowest BCUT2D eigenvalue weighted by Gasteiger charge is -2.23. The number of nitrogens with zero attached hydrogens (tertiary/aromatic N) is 1. The van der Waals surface area contributed by atoms with E-state index in [-0.39, 0.29) is 12.1 Å². The van der Waals surface area contributed by atoms with Crippen LogP contribution in [0, 0.1) is 0 Å². The molecule has 0 aliphatic heterocycles. The summed E-state index contributed by atoms with van der Waals surface area (Å²) < 4.78 is 5.35. The highest BCUT2D eigenvalue weighted by Gasteiger charge is 2.20.